The zero-order valence-electron chi connectivity index (χ0n) is 7.90. The van der Waals surface area contributed by atoms with Gasteiger partial charge in [0.1, 0.15) is 0 Å². The molecule has 14 heavy (non-hydrogen) atoms. The van der Waals surface area contributed by atoms with E-state index in [1.54, 1.807) is 11.8 Å². The van der Waals surface area contributed by atoms with E-state index in [0.29, 0.717) is 6.42 Å². The molecule has 0 saturated heterocycles. The molecule has 0 aliphatic carbocycles. The third-order valence-electron chi connectivity index (χ3n) is 2.15. The summed E-state index contributed by atoms with van der Waals surface area (Å²) in [4.78, 5) is 4.45. The molecule has 0 spiro atoms. The lowest BCUT2D eigenvalue weighted by Crippen LogP contribution is -2.02. The first-order chi connectivity index (χ1) is 6.81. The molecule has 0 N–H and O–H groups in total. The van der Waals surface area contributed by atoms with Crippen LogP contribution >= 0.6 is 11.8 Å². The summed E-state index contributed by atoms with van der Waals surface area (Å²) in [7, 11) is 0. The highest BCUT2D eigenvalue weighted by Crippen LogP contribution is 2.42. The van der Waals surface area contributed by atoms with Crippen molar-refractivity contribution in [3.8, 4) is 6.07 Å². The molecule has 1 aliphatic rings. The van der Waals surface area contributed by atoms with Crippen molar-refractivity contribution < 1.29 is 0 Å². The van der Waals surface area contributed by atoms with Crippen molar-refractivity contribution in [2.24, 2.45) is 4.99 Å². The van der Waals surface area contributed by atoms with E-state index in [4.69, 9.17) is 5.26 Å². The monoisotopic (exact) mass is 202 g/mol. The van der Waals surface area contributed by atoms with Gasteiger partial charge in [0.2, 0.25) is 0 Å². The Morgan fingerprint density at radius 3 is 3.07 bits per heavy atom. The Morgan fingerprint density at radius 2 is 2.29 bits per heavy atom. The van der Waals surface area contributed by atoms with E-state index >= 15 is 0 Å². The van der Waals surface area contributed by atoms with Gasteiger partial charge in [-0.15, -0.1) is 11.8 Å². The number of benzene rings is 1. The summed E-state index contributed by atoms with van der Waals surface area (Å²) in [6.07, 6.45) is 0.550. The first-order valence-electron chi connectivity index (χ1n) is 4.49. The highest BCUT2D eigenvalue weighted by Gasteiger charge is 2.20. The largest absolute Gasteiger partial charge is 0.247 e. The van der Waals surface area contributed by atoms with Gasteiger partial charge in [-0.1, -0.05) is 18.2 Å². The van der Waals surface area contributed by atoms with Crippen molar-refractivity contribution >= 4 is 22.5 Å². The fourth-order valence-electron chi connectivity index (χ4n) is 1.56. The van der Waals surface area contributed by atoms with Gasteiger partial charge in [-0.05, 0) is 18.6 Å². The predicted molar refractivity (Wildman–Crippen MR) is 59.8 cm³/mol. The highest BCUT2D eigenvalue weighted by molar-refractivity contribution is 8.14. The molecule has 1 aliphatic heterocycles. The molecule has 1 aromatic carbocycles. The van der Waals surface area contributed by atoms with E-state index in [-0.39, 0.29) is 5.25 Å². The van der Waals surface area contributed by atoms with E-state index in [1.807, 2.05) is 25.1 Å². The van der Waals surface area contributed by atoms with Crippen LogP contribution in [-0.4, -0.2) is 5.04 Å². The Hall–Kier alpha value is -1.27. The summed E-state index contributed by atoms with van der Waals surface area (Å²) in [5.41, 5.74) is 2.20. The number of nitrogens with zero attached hydrogens (tertiary/aromatic N) is 2. The lowest BCUT2D eigenvalue weighted by Gasteiger charge is -2.20. The summed E-state index contributed by atoms with van der Waals surface area (Å²) in [5.74, 6) is 0. The van der Waals surface area contributed by atoms with Crippen LogP contribution in [0.1, 0.15) is 24.2 Å². The smallest absolute Gasteiger partial charge is 0.0714 e. The molecule has 70 valence electrons. The van der Waals surface area contributed by atoms with E-state index < -0.39 is 0 Å². The third kappa shape index (κ3) is 1.66. The quantitative estimate of drug-likeness (QED) is 0.699. The fourth-order valence-corrected chi connectivity index (χ4v) is 2.61. The Balaban J connectivity index is 2.43. The Kier molecular flexibility index (Phi) is 2.55. The number of fused-ring (bicyclic) bond motifs is 1. The number of rotatable bonds is 1. The zero-order chi connectivity index (χ0) is 9.97. The van der Waals surface area contributed by atoms with Gasteiger partial charge in [-0.2, -0.15) is 5.26 Å². The first kappa shape index (κ1) is 9.29. The van der Waals surface area contributed by atoms with Gasteiger partial charge >= 0.3 is 0 Å². The molecule has 0 radical (unpaired) electrons. The maximum Gasteiger partial charge on any atom is 0.0714 e. The Labute approximate surface area is 87.7 Å². The van der Waals surface area contributed by atoms with Crippen LogP contribution in [0, 0.1) is 11.3 Å². The molecule has 1 unspecified atom stereocenters. The fraction of sp³-hybridized carbons (Fsp3) is 0.273. The van der Waals surface area contributed by atoms with Crippen LogP contribution in [0.5, 0.6) is 0 Å². The molecular weight excluding hydrogens is 192 g/mol. The van der Waals surface area contributed by atoms with Crippen LogP contribution in [0.3, 0.4) is 0 Å². The first-order valence-corrected chi connectivity index (χ1v) is 5.37. The van der Waals surface area contributed by atoms with Crippen molar-refractivity contribution in [2.45, 2.75) is 18.6 Å². The van der Waals surface area contributed by atoms with Crippen molar-refractivity contribution in [3.63, 3.8) is 0 Å². The summed E-state index contributed by atoms with van der Waals surface area (Å²) >= 11 is 1.68. The number of aliphatic imine (C=N–C) groups is 1. The Bertz CT molecular complexity index is 418. The van der Waals surface area contributed by atoms with E-state index in [2.05, 4.69) is 17.1 Å². The van der Waals surface area contributed by atoms with E-state index in [1.165, 1.54) is 5.56 Å². The maximum absolute atomic E-state index is 8.73. The summed E-state index contributed by atoms with van der Waals surface area (Å²) in [6.45, 7) is 1.99. The average molecular weight is 202 g/mol. The lowest BCUT2D eigenvalue weighted by molar-refractivity contribution is 0.979. The molecule has 1 aromatic rings. The number of para-hydroxylation sites is 1. The second-order valence-electron chi connectivity index (χ2n) is 3.16. The topological polar surface area (TPSA) is 36.1 Å². The van der Waals surface area contributed by atoms with E-state index in [9.17, 15) is 0 Å². The highest BCUT2D eigenvalue weighted by atomic mass is 32.2. The maximum atomic E-state index is 8.73. The predicted octanol–water partition coefficient (Wildman–Crippen LogP) is 3.44. The van der Waals surface area contributed by atoms with Gasteiger partial charge in [-0.3, -0.25) is 0 Å². The molecule has 0 aromatic heterocycles. The number of nitriles is 1. The minimum atomic E-state index is 0.258. The minimum absolute atomic E-state index is 0.258. The van der Waals surface area contributed by atoms with Gasteiger partial charge in [0.25, 0.3) is 0 Å². The summed E-state index contributed by atoms with van der Waals surface area (Å²) < 4.78 is 0. The number of hydrogen-bond donors (Lipinski definition) is 0. The second kappa shape index (κ2) is 3.85. The van der Waals surface area contributed by atoms with Gasteiger partial charge in [0.05, 0.1) is 28.5 Å². The Morgan fingerprint density at radius 1 is 1.50 bits per heavy atom. The van der Waals surface area contributed by atoms with Crippen LogP contribution in [0.15, 0.2) is 29.3 Å². The molecule has 1 atom stereocenters. The summed E-state index contributed by atoms with van der Waals surface area (Å²) in [5, 5.41) is 10.0. The van der Waals surface area contributed by atoms with Crippen molar-refractivity contribution in [1.29, 1.82) is 5.26 Å². The van der Waals surface area contributed by atoms with Crippen LogP contribution < -0.4 is 0 Å². The van der Waals surface area contributed by atoms with Crippen LogP contribution in [-0.2, 0) is 0 Å². The second-order valence-corrected chi connectivity index (χ2v) is 4.55. The molecule has 2 rings (SSSR count). The third-order valence-corrected chi connectivity index (χ3v) is 3.29. The molecule has 0 saturated carbocycles. The van der Waals surface area contributed by atoms with Crippen LogP contribution in [0.2, 0.25) is 0 Å². The standard InChI is InChI=1S/C11H10N2S/c1-8-13-10-5-3-2-4-9(10)11(14-8)6-7-12/h2-5,11H,6H2,1H3. The van der Waals surface area contributed by atoms with Gasteiger partial charge in [0, 0.05) is 0 Å². The number of hydrogen-bond acceptors (Lipinski definition) is 3. The molecule has 2 nitrogen and oxygen atoms in total. The lowest BCUT2D eigenvalue weighted by atomic mass is 10.1. The van der Waals surface area contributed by atoms with Crippen molar-refractivity contribution in [2.75, 3.05) is 0 Å². The normalized spacial score (nSPS) is 19.4. The number of thioether (sulfide) groups is 1. The average Bonchev–Trinajstić information content (AvgIpc) is 2.18. The molecule has 3 heteroatoms. The summed E-state index contributed by atoms with van der Waals surface area (Å²) in [6, 6.07) is 10.3. The van der Waals surface area contributed by atoms with Crippen molar-refractivity contribution in [1.82, 2.24) is 0 Å². The van der Waals surface area contributed by atoms with Crippen molar-refractivity contribution in [3.05, 3.63) is 29.8 Å². The van der Waals surface area contributed by atoms with Gasteiger partial charge in [-0.25, -0.2) is 4.99 Å². The van der Waals surface area contributed by atoms with E-state index in [0.717, 1.165) is 10.7 Å². The molecular formula is C11H10N2S. The SMILES string of the molecule is CC1=Nc2ccccc2C(CC#N)S1. The zero-order valence-corrected chi connectivity index (χ0v) is 8.71. The van der Waals surface area contributed by atoms with Gasteiger partial charge in [0.15, 0.2) is 0 Å². The minimum Gasteiger partial charge on any atom is -0.247 e. The van der Waals surface area contributed by atoms with Crippen LogP contribution in [0.4, 0.5) is 5.69 Å². The molecule has 0 bridgehead atoms. The molecule has 1 heterocycles. The molecule has 0 fully saturated rings. The van der Waals surface area contributed by atoms with Crippen LogP contribution in [0.25, 0.3) is 0 Å². The van der Waals surface area contributed by atoms with Gasteiger partial charge < -0.3 is 0 Å². The molecule has 0 amide bonds.